The summed E-state index contributed by atoms with van der Waals surface area (Å²) in [7, 11) is 0. The Kier molecular flexibility index (Phi) is 3.78. The summed E-state index contributed by atoms with van der Waals surface area (Å²) in [6, 6.07) is 1.35. The third kappa shape index (κ3) is 3.12. The Hall–Kier alpha value is -0.760. The van der Waals surface area contributed by atoms with Crippen LogP contribution in [-0.2, 0) is 0 Å². The third-order valence-electron chi connectivity index (χ3n) is 2.19. The Morgan fingerprint density at radius 3 is 1.88 bits per heavy atom. The van der Waals surface area contributed by atoms with Crippen molar-refractivity contribution in [2.45, 2.75) is 25.4 Å². The van der Waals surface area contributed by atoms with E-state index in [2.05, 4.69) is 0 Å². The number of hydrogen-bond acceptors (Lipinski definition) is 2. The van der Waals surface area contributed by atoms with Crippen molar-refractivity contribution in [3.8, 4) is 0 Å². The molecule has 0 aliphatic carbocycles. The highest BCUT2D eigenvalue weighted by Gasteiger charge is 2.60. The second kappa shape index (κ2) is 4.49. The van der Waals surface area contributed by atoms with Crippen LogP contribution in [0.15, 0.2) is 11.4 Å². The first-order valence-corrected chi connectivity index (χ1v) is 5.28. The summed E-state index contributed by atoms with van der Waals surface area (Å²) in [5.74, 6) is -3.76. The van der Waals surface area contributed by atoms with Gasteiger partial charge in [-0.1, -0.05) is 0 Å². The van der Waals surface area contributed by atoms with Crippen molar-refractivity contribution < 1.29 is 31.4 Å². The summed E-state index contributed by atoms with van der Waals surface area (Å²) in [4.78, 5) is -0.315. The number of alkyl halides is 6. The SMILES string of the molecule is Cc1ccsc1C(O)C(C(F)(F)F)C(F)(F)F. The van der Waals surface area contributed by atoms with Crippen molar-refractivity contribution in [2.24, 2.45) is 5.92 Å². The van der Waals surface area contributed by atoms with Crippen LogP contribution in [0.25, 0.3) is 0 Å². The molecule has 8 heteroatoms. The third-order valence-corrected chi connectivity index (χ3v) is 3.28. The molecule has 0 aliphatic heterocycles. The predicted molar refractivity (Wildman–Crippen MR) is 49.6 cm³/mol. The topological polar surface area (TPSA) is 20.2 Å². The first-order chi connectivity index (χ1) is 7.55. The van der Waals surface area contributed by atoms with Gasteiger partial charge in [0.25, 0.3) is 0 Å². The quantitative estimate of drug-likeness (QED) is 0.815. The number of aliphatic hydroxyl groups excluding tert-OH is 1. The highest BCUT2D eigenvalue weighted by Crippen LogP contribution is 2.47. The fraction of sp³-hybridized carbons (Fsp3) is 0.556. The fourth-order valence-corrected chi connectivity index (χ4v) is 2.33. The van der Waals surface area contributed by atoms with Crippen LogP contribution in [0, 0.1) is 12.8 Å². The van der Waals surface area contributed by atoms with Gasteiger partial charge in [-0.25, -0.2) is 0 Å². The van der Waals surface area contributed by atoms with Crippen molar-refractivity contribution in [3.05, 3.63) is 21.9 Å². The van der Waals surface area contributed by atoms with E-state index in [1.165, 1.54) is 18.4 Å². The Morgan fingerprint density at radius 2 is 1.59 bits per heavy atom. The van der Waals surface area contributed by atoms with Crippen LogP contribution < -0.4 is 0 Å². The Labute approximate surface area is 96.7 Å². The maximum Gasteiger partial charge on any atom is 0.403 e. The average Bonchev–Trinajstić information content (AvgIpc) is 2.45. The molecule has 1 unspecified atom stereocenters. The minimum atomic E-state index is -5.53. The minimum absolute atomic E-state index is 0.209. The van der Waals surface area contributed by atoms with E-state index in [1.807, 2.05) is 0 Å². The van der Waals surface area contributed by atoms with Crippen molar-refractivity contribution >= 4 is 11.3 Å². The Morgan fingerprint density at radius 1 is 1.12 bits per heavy atom. The molecule has 0 saturated heterocycles. The fourth-order valence-electron chi connectivity index (χ4n) is 1.38. The standard InChI is InChI=1S/C9H8F6OS/c1-4-2-3-17-6(4)5(16)7(8(10,11)12)9(13,14)15/h2-3,5,7,16H,1H3. The molecule has 0 radical (unpaired) electrons. The van der Waals surface area contributed by atoms with Gasteiger partial charge in [0, 0.05) is 4.88 Å². The van der Waals surface area contributed by atoms with Crippen molar-refractivity contribution in [3.63, 3.8) is 0 Å². The molecule has 98 valence electrons. The van der Waals surface area contributed by atoms with E-state index in [9.17, 15) is 31.4 Å². The van der Waals surface area contributed by atoms with E-state index in [-0.39, 0.29) is 10.4 Å². The first kappa shape index (κ1) is 14.3. The average molecular weight is 278 g/mol. The molecule has 0 aliphatic rings. The zero-order valence-electron chi connectivity index (χ0n) is 8.43. The molecule has 0 saturated carbocycles. The van der Waals surface area contributed by atoms with Gasteiger partial charge in [-0.3, -0.25) is 0 Å². The molecule has 17 heavy (non-hydrogen) atoms. The maximum atomic E-state index is 12.3. The lowest BCUT2D eigenvalue weighted by atomic mass is 9.98. The summed E-state index contributed by atoms with van der Waals surface area (Å²) in [6.07, 6.45) is -13.7. The van der Waals surface area contributed by atoms with Gasteiger partial charge in [-0.05, 0) is 23.9 Å². The van der Waals surface area contributed by atoms with Crippen LogP contribution in [0.3, 0.4) is 0 Å². The Bertz CT molecular complexity index is 366. The lowest BCUT2D eigenvalue weighted by Crippen LogP contribution is -2.40. The first-order valence-electron chi connectivity index (χ1n) is 4.40. The van der Waals surface area contributed by atoms with Crippen LogP contribution in [-0.4, -0.2) is 17.5 Å². The van der Waals surface area contributed by atoms with Gasteiger partial charge in [0.2, 0.25) is 0 Å². The highest BCUT2D eigenvalue weighted by molar-refractivity contribution is 7.10. The normalized spacial score (nSPS) is 15.4. The van der Waals surface area contributed by atoms with Crippen molar-refractivity contribution in [2.75, 3.05) is 0 Å². The van der Waals surface area contributed by atoms with Crippen molar-refractivity contribution in [1.29, 1.82) is 0 Å². The van der Waals surface area contributed by atoms with Gasteiger partial charge in [-0.2, -0.15) is 26.3 Å². The number of aliphatic hydroxyl groups is 1. The number of hydrogen-bond donors (Lipinski definition) is 1. The molecular formula is C9H8F6OS. The molecule has 1 nitrogen and oxygen atoms in total. The van der Waals surface area contributed by atoms with E-state index >= 15 is 0 Å². The van der Waals surface area contributed by atoms with E-state index < -0.39 is 24.4 Å². The number of aryl methyl sites for hydroxylation is 1. The molecule has 0 spiro atoms. The Balaban J connectivity index is 3.13. The van der Waals surface area contributed by atoms with Crippen LogP contribution in [0.1, 0.15) is 16.5 Å². The number of rotatable bonds is 2. The van der Waals surface area contributed by atoms with Crippen molar-refractivity contribution in [1.82, 2.24) is 0 Å². The molecule has 0 fully saturated rings. The summed E-state index contributed by atoms with van der Waals surface area (Å²) in [6.45, 7) is 1.35. The lowest BCUT2D eigenvalue weighted by Gasteiger charge is -2.27. The smallest absolute Gasteiger partial charge is 0.387 e. The van der Waals surface area contributed by atoms with Crippen LogP contribution in [0.5, 0.6) is 0 Å². The molecule has 1 aromatic heterocycles. The summed E-state index contributed by atoms with van der Waals surface area (Å²) < 4.78 is 73.9. The van der Waals surface area contributed by atoms with Gasteiger partial charge >= 0.3 is 12.4 Å². The largest absolute Gasteiger partial charge is 0.403 e. The number of halogens is 6. The molecule has 0 amide bonds. The lowest BCUT2D eigenvalue weighted by molar-refractivity contribution is -0.307. The molecule has 1 atom stereocenters. The zero-order valence-corrected chi connectivity index (χ0v) is 9.25. The van der Waals surface area contributed by atoms with E-state index in [4.69, 9.17) is 0 Å². The molecule has 1 heterocycles. The van der Waals surface area contributed by atoms with E-state index in [0.29, 0.717) is 11.3 Å². The summed E-state index contributed by atoms with van der Waals surface area (Å²) >= 11 is 0.668. The maximum absolute atomic E-state index is 12.3. The summed E-state index contributed by atoms with van der Waals surface area (Å²) in [5, 5.41) is 10.6. The van der Waals surface area contributed by atoms with Gasteiger partial charge < -0.3 is 5.11 Å². The van der Waals surface area contributed by atoms with E-state index in [0.717, 1.165) is 0 Å². The summed E-state index contributed by atoms with van der Waals surface area (Å²) in [5.41, 5.74) is 0.209. The van der Waals surface area contributed by atoms with Crippen LogP contribution in [0.2, 0.25) is 0 Å². The molecule has 0 aromatic carbocycles. The van der Waals surface area contributed by atoms with Gasteiger partial charge in [0.05, 0.1) is 0 Å². The van der Waals surface area contributed by atoms with Gasteiger partial charge in [0.15, 0.2) is 5.92 Å². The van der Waals surface area contributed by atoms with Crippen LogP contribution in [0.4, 0.5) is 26.3 Å². The number of thiophene rings is 1. The molecule has 1 N–H and O–H groups in total. The van der Waals surface area contributed by atoms with Crippen LogP contribution >= 0.6 is 11.3 Å². The molecular weight excluding hydrogens is 270 g/mol. The molecule has 1 rings (SSSR count). The minimum Gasteiger partial charge on any atom is -0.387 e. The highest BCUT2D eigenvalue weighted by atomic mass is 32.1. The second-order valence-corrected chi connectivity index (χ2v) is 4.42. The molecule has 0 bridgehead atoms. The molecule has 1 aromatic rings. The van der Waals surface area contributed by atoms with Gasteiger partial charge in [-0.15, -0.1) is 11.3 Å². The zero-order chi connectivity index (χ0) is 13.4. The predicted octanol–water partition coefficient (Wildman–Crippen LogP) is 3.83. The second-order valence-electron chi connectivity index (χ2n) is 3.47. The monoisotopic (exact) mass is 278 g/mol. The van der Waals surface area contributed by atoms with E-state index in [1.54, 1.807) is 0 Å². The van der Waals surface area contributed by atoms with Gasteiger partial charge in [0.1, 0.15) is 6.10 Å².